The van der Waals surface area contributed by atoms with Crippen LogP contribution in [-0.4, -0.2) is 4.98 Å². The molecule has 0 amide bonds. The standard InChI is InChI=1S/C28H26N2/c1-18-21-9-7-10-22(18)24-16-19(27-17-20(14-15-29-27)28(2,3)4)12-13-26(24)30-25-11-6-5-8-23(21)25/h5-17,30H,1-4H3. The quantitative estimate of drug-likeness (QED) is 0.316. The molecule has 1 N–H and O–H groups in total. The number of nitrogens with zero attached hydrogens (tertiary/aromatic N) is 1. The molecule has 0 saturated carbocycles. The Morgan fingerprint density at radius 2 is 1.40 bits per heavy atom. The van der Waals surface area contributed by atoms with Crippen molar-refractivity contribution in [3.8, 4) is 33.5 Å². The molecule has 0 unspecified atom stereocenters. The van der Waals surface area contributed by atoms with Crippen LogP contribution in [0.15, 0.2) is 79.0 Å². The smallest absolute Gasteiger partial charge is 0.0705 e. The van der Waals surface area contributed by atoms with E-state index in [0.717, 1.165) is 22.6 Å². The van der Waals surface area contributed by atoms with E-state index in [1.54, 1.807) is 0 Å². The van der Waals surface area contributed by atoms with Crippen molar-refractivity contribution < 1.29 is 0 Å². The molecule has 5 rings (SSSR count). The molecule has 0 aliphatic carbocycles. The molecule has 2 bridgehead atoms. The Morgan fingerprint density at radius 1 is 0.700 bits per heavy atom. The fourth-order valence-electron chi connectivity index (χ4n) is 4.28. The van der Waals surface area contributed by atoms with Gasteiger partial charge in [-0.25, -0.2) is 0 Å². The zero-order valence-electron chi connectivity index (χ0n) is 18.0. The normalized spacial score (nSPS) is 12.3. The summed E-state index contributed by atoms with van der Waals surface area (Å²) in [6, 6.07) is 26.1. The van der Waals surface area contributed by atoms with Gasteiger partial charge in [0.2, 0.25) is 0 Å². The van der Waals surface area contributed by atoms with Crippen LogP contribution in [0.1, 0.15) is 31.9 Å². The Labute approximate surface area is 178 Å². The number of anilines is 2. The van der Waals surface area contributed by atoms with Crippen LogP contribution in [-0.2, 0) is 5.41 Å². The fraction of sp³-hybridized carbons (Fsp3) is 0.179. The summed E-state index contributed by atoms with van der Waals surface area (Å²) in [6.07, 6.45) is 1.92. The van der Waals surface area contributed by atoms with Crippen LogP contribution in [0.4, 0.5) is 11.4 Å². The molecule has 1 aliphatic rings. The highest BCUT2D eigenvalue weighted by Crippen LogP contribution is 2.43. The summed E-state index contributed by atoms with van der Waals surface area (Å²) in [4.78, 5) is 4.68. The van der Waals surface area contributed by atoms with E-state index in [9.17, 15) is 0 Å². The molecule has 0 atom stereocenters. The number of hydrogen-bond donors (Lipinski definition) is 1. The van der Waals surface area contributed by atoms with Crippen LogP contribution in [0.5, 0.6) is 0 Å². The van der Waals surface area contributed by atoms with Crippen LogP contribution >= 0.6 is 0 Å². The highest BCUT2D eigenvalue weighted by atomic mass is 14.9. The van der Waals surface area contributed by atoms with Crippen LogP contribution in [0.3, 0.4) is 0 Å². The molecule has 4 aromatic rings. The maximum Gasteiger partial charge on any atom is 0.0705 e. The van der Waals surface area contributed by atoms with Crippen molar-refractivity contribution in [2.75, 3.05) is 5.32 Å². The second-order valence-electron chi connectivity index (χ2n) is 9.09. The summed E-state index contributed by atoms with van der Waals surface area (Å²) < 4.78 is 0. The van der Waals surface area contributed by atoms with Crippen molar-refractivity contribution in [2.24, 2.45) is 0 Å². The van der Waals surface area contributed by atoms with Crippen LogP contribution in [0.2, 0.25) is 0 Å². The van der Waals surface area contributed by atoms with E-state index in [-0.39, 0.29) is 5.41 Å². The number of aromatic nitrogens is 1. The average molecular weight is 391 g/mol. The van der Waals surface area contributed by atoms with Gasteiger partial charge in [0.25, 0.3) is 0 Å². The summed E-state index contributed by atoms with van der Waals surface area (Å²) in [6.45, 7) is 8.94. The van der Waals surface area contributed by atoms with Crippen molar-refractivity contribution in [2.45, 2.75) is 33.1 Å². The lowest BCUT2D eigenvalue weighted by Crippen LogP contribution is -2.11. The number of fused-ring (bicyclic) bond motifs is 6. The molecular weight excluding hydrogens is 364 g/mol. The van der Waals surface area contributed by atoms with Gasteiger partial charge in [0.05, 0.1) is 5.69 Å². The Balaban J connectivity index is 1.71. The highest BCUT2D eigenvalue weighted by molar-refractivity contribution is 5.95. The van der Waals surface area contributed by atoms with Crippen LogP contribution < -0.4 is 5.32 Å². The molecule has 0 saturated heterocycles. The largest absolute Gasteiger partial charge is 0.355 e. The lowest BCUT2D eigenvalue weighted by Gasteiger charge is -2.23. The first-order chi connectivity index (χ1) is 14.4. The number of hydrogen-bond acceptors (Lipinski definition) is 2. The Kier molecular flexibility index (Phi) is 4.25. The van der Waals surface area contributed by atoms with E-state index in [4.69, 9.17) is 0 Å². The van der Waals surface area contributed by atoms with Crippen molar-refractivity contribution in [3.63, 3.8) is 0 Å². The van der Waals surface area contributed by atoms with Gasteiger partial charge in [-0.3, -0.25) is 4.98 Å². The number of pyridine rings is 1. The zero-order valence-corrected chi connectivity index (χ0v) is 18.0. The van der Waals surface area contributed by atoms with Gasteiger partial charge in [-0.1, -0.05) is 63.2 Å². The third kappa shape index (κ3) is 3.09. The van der Waals surface area contributed by atoms with Gasteiger partial charge in [0.1, 0.15) is 0 Å². The van der Waals surface area contributed by atoms with Crippen molar-refractivity contribution in [1.29, 1.82) is 0 Å². The lowest BCUT2D eigenvalue weighted by atomic mass is 9.86. The molecule has 2 heteroatoms. The summed E-state index contributed by atoms with van der Waals surface area (Å²) in [5.74, 6) is 0. The number of para-hydroxylation sites is 1. The van der Waals surface area contributed by atoms with Gasteiger partial charge >= 0.3 is 0 Å². The van der Waals surface area contributed by atoms with Crippen LogP contribution in [0, 0.1) is 6.92 Å². The summed E-state index contributed by atoms with van der Waals surface area (Å²) in [5, 5.41) is 3.68. The minimum Gasteiger partial charge on any atom is -0.355 e. The third-order valence-electron chi connectivity index (χ3n) is 6.05. The molecular formula is C28H26N2. The molecule has 0 radical (unpaired) electrons. The maximum absolute atomic E-state index is 4.68. The predicted molar refractivity (Wildman–Crippen MR) is 127 cm³/mol. The minimum absolute atomic E-state index is 0.0947. The van der Waals surface area contributed by atoms with E-state index >= 15 is 0 Å². The van der Waals surface area contributed by atoms with E-state index in [1.807, 2.05) is 6.20 Å². The van der Waals surface area contributed by atoms with E-state index in [2.05, 4.69) is 111 Å². The van der Waals surface area contributed by atoms with Gasteiger partial charge in [0, 0.05) is 34.3 Å². The van der Waals surface area contributed by atoms with Gasteiger partial charge in [0.15, 0.2) is 0 Å². The number of rotatable bonds is 1. The Morgan fingerprint density at radius 3 is 2.20 bits per heavy atom. The third-order valence-corrected chi connectivity index (χ3v) is 6.05. The molecule has 0 spiro atoms. The first kappa shape index (κ1) is 18.6. The summed E-state index contributed by atoms with van der Waals surface area (Å²) in [7, 11) is 0. The molecule has 2 nitrogen and oxygen atoms in total. The van der Waals surface area contributed by atoms with Gasteiger partial charge < -0.3 is 5.32 Å². The molecule has 3 aromatic carbocycles. The second-order valence-corrected chi connectivity index (χ2v) is 9.09. The molecule has 30 heavy (non-hydrogen) atoms. The first-order valence-electron chi connectivity index (χ1n) is 10.5. The zero-order chi connectivity index (χ0) is 20.9. The molecule has 148 valence electrons. The molecule has 2 heterocycles. The van der Waals surface area contributed by atoms with E-state index < -0.39 is 0 Å². The summed E-state index contributed by atoms with van der Waals surface area (Å²) >= 11 is 0. The Hall–Kier alpha value is -3.39. The van der Waals surface area contributed by atoms with Crippen LogP contribution in [0.25, 0.3) is 33.5 Å². The fourth-order valence-corrected chi connectivity index (χ4v) is 4.28. The second kappa shape index (κ2) is 6.84. The van der Waals surface area contributed by atoms with Crippen molar-refractivity contribution >= 4 is 11.4 Å². The topological polar surface area (TPSA) is 24.9 Å². The molecule has 1 aliphatic heterocycles. The number of benzene rings is 3. The van der Waals surface area contributed by atoms with Crippen molar-refractivity contribution in [1.82, 2.24) is 4.98 Å². The highest BCUT2D eigenvalue weighted by Gasteiger charge is 2.19. The van der Waals surface area contributed by atoms with Gasteiger partial charge in [-0.2, -0.15) is 0 Å². The molecule has 0 fully saturated rings. The van der Waals surface area contributed by atoms with E-state index in [1.165, 1.54) is 33.4 Å². The Bertz CT molecular complexity index is 1260. The maximum atomic E-state index is 4.68. The molecule has 1 aromatic heterocycles. The minimum atomic E-state index is 0.0947. The monoisotopic (exact) mass is 390 g/mol. The average Bonchev–Trinajstić information content (AvgIpc) is 2.74. The van der Waals surface area contributed by atoms with E-state index in [0.29, 0.717) is 0 Å². The SMILES string of the molecule is Cc1c2cccc1-c1cc(-c3cc(C(C)(C)C)ccn3)ccc1Nc1ccccc1-2. The van der Waals surface area contributed by atoms with Crippen molar-refractivity contribution in [3.05, 3.63) is 90.1 Å². The predicted octanol–water partition coefficient (Wildman–Crippen LogP) is 7.75. The van der Waals surface area contributed by atoms with Gasteiger partial charge in [-0.05, 0) is 64.9 Å². The van der Waals surface area contributed by atoms with Gasteiger partial charge in [-0.15, -0.1) is 0 Å². The number of nitrogens with one attached hydrogen (secondary N) is 1. The lowest BCUT2D eigenvalue weighted by molar-refractivity contribution is 0.589. The summed E-state index contributed by atoms with van der Waals surface area (Å²) in [5.41, 5.74) is 12.1. The first-order valence-corrected chi connectivity index (χ1v) is 10.5.